The smallest absolute Gasteiger partial charge is 0.318 e. The number of pyridine rings is 1. The van der Waals surface area contributed by atoms with Crippen LogP contribution in [0.5, 0.6) is 17.2 Å². The van der Waals surface area contributed by atoms with Crippen molar-refractivity contribution in [3.8, 4) is 17.2 Å². The average Bonchev–Trinajstić information content (AvgIpc) is 3.34. The monoisotopic (exact) mass is 945 g/mol. The van der Waals surface area contributed by atoms with Crippen LogP contribution >= 0.6 is 11.6 Å². The zero-order valence-electron chi connectivity index (χ0n) is 37.7. The number of nitrogens with one attached hydrogen (secondary N) is 4. The van der Waals surface area contributed by atoms with Crippen molar-refractivity contribution in [1.29, 1.82) is 5.41 Å². The number of aryl methyl sites for hydroxylation is 2. The second kappa shape index (κ2) is 21.5. The van der Waals surface area contributed by atoms with Gasteiger partial charge in [-0.3, -0.25) is 15.8 Å². The number of aliphatic imine (C=N–C) groups is 2. The average molecular weight is 946 g/mol. The zero-order valence-corrected chi connectivity index (χ0v) is 38.5. The number of amidine groups is 2. The minimum Gasteiger partial charge on any atom is -0.487 e. The summed E-state index contributed by atoms with van der Waals surface area (Å²) in [6, 6.07) is 32.0. The fourth-order valence-electron chi connectivity index (χ4n) is 6.87. The van der Waals surface area contributed by atoms with Gasteiger partial charge in [0.05, 0.1) is 28.5 Å². The number of anilines is 4. The van der Waals surface area contributed by atoms with Gasteiger partial charge in [-0.2, -0.15) is 5.10 Å². The molecule has 69 heavy (non-hydrogen) atoms. The van der Waals surface area contributed by atoms with Crippen LogP contribution in [0.4, 0.5) is 27.4 Å². The van der Waals surface area contributed by atoms with Crippen molar-refractivity contribution < 1.29 is 23.3 Å². The third kappa shape index (κ3) is 11.8. The molecule has 1 atom stereocenters. The lowest BCUT2D eigenvalue weighted by Gasteiger charge is -2.23. The van der Waals surface area contributed by atoms with E-state index in [0.29, 0.717) is 78.1 Å². The molecule has 5 aromatic carbocycles. The van der Waals surface area contributed by atoms with Crippen LogP contribution in [0.2, 0.25) is 5.02 Å². The van der Waals surface area contributed by atoms with Crippen LogP contribution in [0.1, 0.15) is 27.9 Å². The molecule has 0 spiro atoms. The molecule has 0 aliphatic rings. The molecule has 19 heteroatoms. The predicted molar refractivity (Wildman–Crippen MR) is 267 cm³/mol. The van der Waals surface area contributed by atoms with Gasteiger partial charge in [-0.15, -0.1) is 0 Å². The number of rotatable bonds is 18. The highest BCUT2D eigenvalue weighted by Crippen LogP contribution is 2.33. The number of methoxy groups -OCH3 is 2. The first kappa shape index (κ1) is 47.1. The molecule has 3 aromatic heterocycles. The number of halogens is 2. The summed E-state index contributed by atoms with van der Waals surface area (Å²) < 4.78 is 36.6. The van der Waals surface area contributed by atoms with Gasteiger partial charge >= 0.3 is 5.85 Å². The molecule has 1 unspecified atom stereocenters. The largest absolute Gasteiger partial charge is 0.487 e. The molecule has 8 rings (SSSR count). The summed E-state index contributed by atoms with van der Waals surface area (Å²) in [5.74, 6) is 0.222. The van der Waals surface area contributed by atoms with Crippen LogP contribution in [0.3, 0.4) is 0 Å². The maximum atomic E-state index is 13.6. The summed E-state index contributed by atoms with van der Waals surface area (Å²) in [5, 5.41) is 21.4. The van der Waals surface area contributed by atoms with Gasteiger partial charge < -0.3 is 35.3 Å². The van der Waals surface area contributed by atoms with E-state index in [1.807, 2.05) is 80.6 Å². The van der Waals surface area contributed by atoms with Crippen molar-refractivity contribution in [1.82, 2.24) is 30.3 Å². The first-order chi connectivity index (χ1) is 33.5. The first-order valence-corrected chi connectivity index (χ1v) is 21.6. The normalized spacial score (nSPS) is 12.6. The van der Waals surface area contributed by atoms with Crippen LogP contribution in [-0.4, -0.2) is 75.7 Å². The van der Waals surface area contributed by atoms with E-state index in [-0.39, 0.29) is 24.9 Å². The van der Waals surface area contributed by atoms with E-state index in [1.165, 1.54) is 45.2 Å². The maximum absolute atomic E-state index is 13.6. The third-order valence-corrected chi connectivity index (χ3v) is 10.6. The van der Waals surface area contributed by atoms with E-state index in [2.05, 4.69) is 56.1 Å². The lowest BCUT2D eigenvalue weighted by molar-refractivity contribution is 0.0635. The SMILES string of the molecule is COCC(=NC(N=Cc1ccc2ncnc(Nc3ccc(Oc4ccc(C)nc4)c(C)c3)c2c1)(OC)C(=N)N)NN=Cc1ccc2ncnc(Nc3ccc(OCc4cccc(F)c4)c(Cl)c3)c2c1. The van der Waals surface area contributed by atoms with Gasteiger partial charge in [0.15, 0.2) is 5.84 Å². The van der Waals surface area contributed by atoms with Crippen LogP contribution in [0.15, 0.2) is 143 Å². The van der Waals surface area contributed by atoms with Crippen LogP contribution in [0.25, 0.3) is 21.8 Å². The molecule has 0 amide bonds. The van der Waals surface area contributed by atoms with E-state index < -0.39 is 11.7 Å². The molecule has 0 fully saturated rings. The Morgan fingerprint density at radius 1 is 0.783 bits per heavy atom. The number of hydrogen-bond donors (Lipinski definition) is 5. The summed E-state index contributed by atoms with van der Waals surface area (Å²) in [5.41, 5.74) is 15.6. The molecule has 8 aromatic rings. The summed E-state index contributed by atoms with van der Waals surface area (Å²) in [4.78, 5) is 31.3. The highest BCUT2D eigenvalue weighted by atomic mass is 35.5. The molecule has 3 heterocycles. The van der Waals surface area contributed by atoms with Crippen molar-refractivity contribution in [2.24, 2.45) is 20.8 Å². The Hall–Kier alpha value is -8.45. The number of hydrogen-bond acceptors (Lipinski definition) is 15. The number of ether oxygens (including phenoxy) is 4. The molecule has 17 nitrogen and oxygen atoms in total. The topological polar surface area (TPSA) is 224 Å². The van der Waals surface area contributed by atoms with Crippen LogP contribution in [-0.2, 0) is 16.1 Å². The number of nitrogens with two attached hydrogens (primary N) is 1. The summed E-state index contributed by atoms with van der Waals surface area (Å²) >= 11 is 6.57. The molecule has 6 N–H and O–H groups in total. The van der Waals surface area contributed by atoms with Gasteiger partial charge in [-0.1, -0.05) is 35.9 Å². The Morgan fingerprint density at radius 3 is 2.07 bits per heavy atom. The number of benzene rings is 5. The number of fused-ring (bicyclic) bond motifs is 2. The fourth-order valence-corrected chi connectivity index (χ4v) is 7.10. The van der Waals surface area contributed by atoms with Gasteiger partial charge in [0.25, 0.3) is 0 Å². The number of aromatic nitrogens is 5. The van der Waals surface area contributed by atoms with Crippen molar-refractivity contribution in [3.63, 3.8) is 0 Å². The van der Waals surface area contributed by atoms with Crippen molar-refractivity contribution in [2.45, 2.75) is 26.3 Å². The lowest BCUT2D eigenvalue weighted by atomic mass is 10.1. The van der Waals surface area contributed by atoms with Crippen molar-refractivity contribution >= 4 is 80.5 Å². The van der Waals surface area contributed by atoms with Crippen LogP contribution < -0.4 is 31.3 Å². The highest BCUT2D eigenvalue weighted by molar-refractivity contribution is 6.32. The van der Waals surface area contributed by atoms with Gasteiger partial charge in [-0.25, -0.2) is 34.3 Å². The molecule has 0 saturated carbocycles. The standard InChI is InChI=1S/C50H45ClFN13O4/c1-30-18-36(11-16-44(30)69-38-13-8-31(2)55-25-38)62-47-39-20-32(9-14-42(39)56-28-58-47)23-60-50(67-4,49(53)54)64-46(27-66-3)65-61-24-33-10-15-43-40(21-33)48(59-29-57-43)63-37-12-17-45(41(51)22-37)68-26-34-6-5-7-35(52)19-34/h5-25,28-29H,26-27H2,1-4H3,(H3,53,54)(H,64,65)(H,56,58,62)(H,57,59,63). The Kier molecular flexibility index (Phi) is 14.6. The highest BCUT2D eigenvalue weighted by Gasteiger charge is 2.33. The molecule has 0 bridgehead atoms. The van der Waals surface area contributed by atoms with Crippen molar-refractivity contribution in [2.75, 3.05) is 31.5 Å². The number of hydrazone groups is 1. The van der Waals surface area contributed by atoms with E-state index >= 15 is 0 Å². The molecular weight excluding hydrogens is 901 g/mol. The van der Waals surface area contributed by atoms with Crippen LogP contribution in [0, 0.1) is 25.1 Å². The minimum atomic E-state index is -1.98. The first-order valence-electron chi connectivity index (χ1n) is 21.2. The Bertz CT molecular complexity index is 3250. The summed E-state index contributed by atoms with van der Waals surface area (Å²) in [6.07, 6.45) is 7.71. The van der Waals surface area contributed by atoms with Gasteiger partial charge in [0.2, 0.25) is 0 Å². The van der Waals surface area contributed by atoms with E-state index in [0.717, 1.165) is 16.9 Å². The van der Waals surface area contributed by atoms with Crippen molar-refractivity contribution in [3.05, 3.63) is 167 Å². The predicted octanol–water partition coefficient (Wildman–Crippen LogP) is 9.56. The molecule has 0 aliphatic heterocycles. The Balaban J connectivity index is 0.968. The minimum absolute atomic E-state index is 0.0554. The summed E-state index contributed by atoms with van der Waals surface area (Å²) in [6.45, 7) is 3.98. The Morgan fingerprint density at radius 2 is 1.46 bits per heavy atom. The fraction of sp³-hybridized carbons (Fsp3) is 0.140. The summed E-state index contributed by atoms with van der Waals surface area (Å²) in [7, 11) is 2.83. The zero-order chi connectivity index (χ0) is 48.3. The second-order valence-electron chi connectivity index (χ2n) is 15.4. The molecule has 0 saturated heterocycles. The third-order valence-electron chi connectivity index (χ3n) is 10.3. The van der Waals surface area contributed by atoms with E-state index in [4.69, 9.17) is 41.7 Å². The number of nitrogens with zero attached hydrogens (tertiary/aromatic N) is 8. The van der Waals surface area contributed by atoms with E-state index in [1.54, 1.807) is 42.7 Å². The molecule has 0 radical (unpaired) electrons. The van der Waals surface area contributed by atoms with E-state index in [9.17, 15) is 4.39 Å². The lowest BCUT2D eigenvalue weighted by Crippen LogP contribution is -2.44. The van der Waals surface area contributed by atoms with Gasteiger partial charge in [0.1, 0.15) is 66.4 Å². The molecule has 348 valence electrons. The maximum Gasteiger partial charge on any atom is 0.318 e. The van der Waals surface area contributed by atoms with Gasteiger partial charge in [0, 0.05) is 48.3 Å². The van der Waals surface area contributed by atoms with Gasteiger partial charge in [-0.05, 0) is 121 Å². The Labute approximate surface area is 400 Å². The molecule has 0 aliphatic carbocycles. The second-order valence-corrected chi connectivity index (χ2v) is 15.8. The molecular formula is C50H45ClFN13O4. The quantitative estimate of drug-likeness (QED) is 0.0307.